The maximum atomic E-state index is 13.8. The van der Waals surface area contributed by atoms with Gasteiger partial charge in [-0.15, -0.1) is 0 Å². The van der Waals surface area contributed by atoms with Gasteiger partial charge in [-0.3, -0.25) is 4.79 Å². The molecule has 0 spiro atoms. The molecule has 0 bridgehead atoms. The highest BCUT2D eigenvalue weighted by Gasteiger charge is 2.21. The average molecular weight is 416 g/mol. The van der Waals surface area contributed by atoms with E-state index in [4.69, 9.17) is 0 Å². The Labute approximate surface area is 139 Å². The standard InChI is InChI=1S/C16H13Br2FO2/c17-13-5-6-15(19)11(9-13)8-12(16(20)21)7-10-3-1-2-4-14(10)18/h1-6,9,12H,7-8H2,(H,20,21). The molecule has 0 saturated heterocycles. The second-order valence-corrected chi connectivity index (χ2v) is 6.54. The molecule has 2 nitrogen and oxygen atoms in total. The van der Waals surface area contributed by atoms with Crippen molar-refractivity contribution in [2.75, 3.05) is 0 Å². The average Bonchev–Trinajstić information content (AvgIpc) is 2.44. The molecule has 110 valence electrons. The van der Waals surface area contributed by atoms with Crippen LogP contribution in [0.25, 0.3) is 0 Å². The van der Waals surface area contributed by atoms with Gasteiger partial charge in [-0.25, -0.2) is 4.39 Å². The first-order valence-corrected chi connectivity index (χ1v) is 7.96. The van der Waals surface area contributed by atoms with Gasteiger partial charge in [-0.05, 0) is 48.2 Å². The Morgan fingerprint density at radius 3 is 2.43 bits per heavy atom. The van der Waals surface area contributed by atoms with Crippen molar-refractivity contribution in [3.63, 3.8) is 0 Å². The Hall–Kier alpha value is -1.20. The van der Waals surface area contributed by atoms with Gasteiger partial charge in [0.1, 0.15) is 5.82 Å². The maximum absolute atomic E-state index is 13.8. The number of carboxylic acids is 1. The number of rotatable bonds is 5. The number of hydrogen-bond acceptors (Lipinski definition) is 1. The molecule has 0 aliphatic heterocycles. The Morgan fingerprint density at radius 1 is 1.10 bits per heavy atom. The van der Waals surface area contributed by atoms with Gasteiger partial charge in [0.05, 0.1) is 5.92 Å². The predicted octanol–water partition coefficient (Wildman–Crippen LogP) is 4.84. The van der Waals surface area contributed by atoms with Crippen LogP contribution in [-0.2, 0) is 17.6 Å². The second-order valence-electron chi connectivity index (χ2n) is 4.77. The number of hydrogen-bond donors (Lipinski definition) is 1. The van der Waals surface area contributed by atoms with E-state index < -0.39 is 11.9 Å². The molecule has 0 saturated carbocycles. The summed E-state index contributed by atoms with van der Waals surface area (Å²) in [6.07, 6.45) is 0.505. The molecule has 2 aromatic carbocycles. The summed E-state index contributed by atoms with van der Waals surface area (Å²) in [6.45, 7) is 0. The maximum Gasteiger partial charge on any atom is 0.307 e. The van der Waals surface area contributed by atoms with Gasteiger partial charge < -0.3 is 5.11 Å². The molecule has 0 fully saturated rings. The van der Waals surface area contributed by atoms with Crippen molar-refractivity contribution in [1.82, 2.24) is 0 Å². The van der Waals surface area contributed by atoms with Crippen LogP contribution in [0.15, 0.2) is 51.4 Å². The van der Waals surface area contributed by atoms with Crippen molar-refractivity contribution in [1.29, 1.82) is 0 Å². The Kier molecular flexibility index (Phi) is 5.53. The summed E-state index contributed by atoms with van der Waals surface area (Å²) < 4.78 is 15.4. The van der Waals surface area contributed by atoms with Gasteiger partial charge in [0.25, 0.3) is 0 Å². The number of halogens is 3. The van der Waals surface area contributed by atoms with Crippen LogP contribution in [0.5, 0.6) is 0 Å². The first kappa shape index (κ1) is 16.2. The van der Waals surface area contributed by atoms with E-state index in [0.29, 0.717) is 12.0 Å². The van der Waals surface area contributed by atoms with E-state index in [1.165, 1.54) is 6.07 Å². The SMILES string of the molecule is O=C(O)C(Cc1cc(Br)ccc1F)Cc1ccccc1Br. The summed E-state index contributed by atoms with van der Waals surface area (Å²) in [6, 6.07) is 12.0. The van der Waals surface area contributed by atoms with E-state index in [1.807, 2.05) is 24.3 Å². The number of aliphatic carboxylic acids is 1. The van der Waals surface area contributed by atoms with E-state index in [0.717, 1.165) is 14.5 Å². The Bertz CT molecular complexity index is 658. The lowest BCUT2D eigenvalue weighted by Gasteiger charge is -2.14. The zero-order chi connectivity index (χ0) is 15.4. The lowest BCUT2D eigenvalue weighted by Crippen LogP contribution is -2.20. The van der Waals surface area contributed by atoms with E-state index in [9.17, 15) is 14.3 Å². The second kappa shape index (κ2) is 7.18. The third-order valence-electron chi connectivity index (χ3n) is 3.25. The summed E-state index contributed by atoms with van der Waals surface area (Å²) in [5.41, 5.74) is 1.31. The Morgan fingerprint density at radius 2 is 1.76 bits per heavy atom. The van der Waals surface area contributed by atoms with Crippen LogP contribution in [0, 0.1) is 11.7 Å². The molecule has 0 radical (unpaired) electrons. The molecule has 0 aliphatic rings. The van der Waals surface area contributed by atoms with E-state index >= 15 is 0 Å². The lowest BCUT2D eigenvalue weighted by molar-refractivity contribution is -0.141. The highest BCUT2D eigenvalue weighted by atomic mass is 79.9. The molecule has 1 N–H and O–H groups in total. The molecule has 2 aromatic rings. The molecule has 0 aliphatic carbocycles. The van der Waals surface area contributed by atoms with Gasteiger partial charge in [0.15, 0.2) is 0 Å². The Balaban J connectivity index is 2.22. The van der Waals surface area contributed by atoms with Crippen molar-refractivity contribution in [3.05, 3.63) is 68.4 Å². The smallest absolute Gasteiger partial charge is 0.307 e. The highest BCUT2D eigenvalue weighted by Crippen LogP contribution is 2.24. The minimum absolute atomic E-state index is 0.155. The minimum atomic E-state index is -0.926. The van der Waals surface area contributed by atoms with E-state index in [-0.39, 0.29) is 12.2 Å². The topological polar surface area (TPSA) is 37.3 Å². The first-order chi connectivity index (χ1) is 9.97. The fourth-order valence-electron chi connectivity index (χ4n) is 2.14. The van der Waals surface area contributed by atoms with Crippen molar-refractivity contribution in [3.8, 4) is 0 Å². The van der Waals surface area contributed by atoms with Crippen molar-refractivity contribution in [2.45, 2.75) is 12.8 Å². The summed E-state index contributed by atoms with van der Waals surface area (Å²) >= 11 is 6.69. The number of carboxylic acid groups (broad SMARTS) is 1. The molecule has 5 heteroatoms. The molecule has 21 heavy (non-hydrogen) atoms. The van der Waals surface area contributed by atoms with Crippen LogP contribution in [0.3, 0.4) is 0 Å². The van der Waals surface area contributed by atoms with Crippen LogP contribution in [0.2, 0.25) is 0 Å². The molecular weight excluding hydrogens is 403 g/mol. The van der Waals surface area contributed by atoms with Crippen molar-refractivity contribution >= 4 is 37.8 Å². The number of carbonyl (C=O) groups is 1. The third kappa shape index (κ3) is 4.38. The van der Waals surface area contributed by atoms with Crippen molar-refractivity contribution < 1.29 is 14.3 Å². The monoisotopic (exact) mass is 414 g/mol. The predicted molar refractivity (Wildman–Crippen MR) is 86.8 cm³/mol. The fraction of sp³-hybridized carbons (Fsp3) is 0.188. The van der Waals surface area contributed by atoms with Crippen LogP contribution >= 0.6 is 31.9 Å². The van der Waals surface area contributed by atoms with Crippen LogP contribution in [0.1, 0.15) is 11.1 Å². The normalized spacial score (nSPS) is 12.1. The quantitative estimate of drug-likeness (QED) is 0.758. The largest absolute Gasteiger partial charge is 0.481 e. The fourth-order valence-corrected chi connectivity index (χ4v) is 3.00. The summed E-state index contributed by atoms with van der Waals surface area (Å²) in [4.78, 5) is 11.5. The first-order valence-electron chi connectivity index (χ1n) is 6.37. The van der Waals surface area contributed by atoms with Gasteiger partial charge in [-0.2, -0.15) is 0 Å². The third-order valence-corrected chi connectivity index (χ3v) is 4.51. The van der Waals surface area contributed by atoms with Gasteiger partial charge in [-0.1, -0.05) is 50.1 Å². The summed E-state index contributed by atoms with van der Waals surface area (Å²) in [5, 5.41) is 9.40. The zero-order valence-electron chi connectivity index (χ0n) is 11.0. The van der Waals surface area contributed by atoms with Gasteiger partial charge in [0, 0.05) is 8.95 Å². The molecule has 1 unspecified atom stereocenters. The van der Waals surface area contributed by atoms with E-state index in [2.05, 4.69) is 31.9 Å². The summed E-state index contributed by atoms with van der Waals surface area (Å²) in [5.74, 6) is -1.98. The lowest BCUT2D eigenvalue weighted by atomic mass is 9.92. The molecule has 0 aromatic heterocycles. The van der Waals surface area contributed by atoms with Gasteiger partial charge in [0.2, 0.25) is 0 Å². The summed E-state index contributed by atoms with van der Waals surface area (Å²) in [7, 11) is 0. The molecular formula is C16H13Br2FO2. The van der Waals surface area contributed by atoms with Crippen molar-refractivity contribution in [2.24, 2.45) is 5.92 Å². The zero-order valence-corrected chi connectivity index (χ0v) is 14.2. The van der Waals surface area contributed by atoms with Crippen LogP contribution in [-0.4, -0.2) is 11.1 Å². The molecule has 1 atom stereocenters. The van der Waals surface area contributed by atoms with Gasteiger partial charge >= 0.3 is 5.97 Å². The van der Waals surface area contributed by atoms with E-state index in [1.54, 1.807) is 12.1 Å². The highest BCUT2D eigenvalue weighted by molar-refractivity contribution is 9.10. The van der Waals surface area contributed by atoms with Crippen LogP contribution in [0.4, 0.5) is 4.39 Å². The molecule has 0 amide bonds. The number of benzene rings is 2. The molecule has 2 rings (SSSR count). The minimum Gasteiger partial charge on any atom is -0.481 e. The molecule has 0 heterocycles. The van der Waals surface area contributed by atoms with Crippen LogP contribution < -0.4 is 0 Å².